The molecular weight excluding hydrogens is 186 g/mol. The molecule has 0 aromatic carbocycles. The molecule has 0 aliphatic carbocycles. The molecule has 0 heterocycles. The Labute approximate surface area is 84.9 Å². The fraction of sp³-hybridized carbons (Fsp3) is 0.778. The number of carboxylic acid groups (broad SMARTS) is 1. The van der Waals surface area contributed by atoms with Gasteiger partial charge in [-0.15, -0.1) is 0 Å². The third kappa shape index (κ3) is 30.7. The molecule has 0 radical (unpaired) electrons. The second-order valence-corrected chi connectivity index (χ2v) is 4.04. The molecular formula is C9H19NO4. The van der Waals surface area contributed by atoms with Crippen molar-refractivity contribution in [1.29, 1.82) is 0 Å². The average Bonchev–Trinajstić information content (AvgIpc) is 1.80. The maximum Gasteiger partial charge on any atom is 0.311 e. The van der Waals surface area contributed by atoms with Gasteiger partial charge in [-0.25, -0.2) is 0 Å². The Bertz CT molecular complexity index is 178. The molecule has 0 aliphatic heterocycles. The lowest BCUT2D eigenvalue weighted by molar-refractivity contribution is -0.849. The Morgan fingerprint density at radius 2 is 1.57 bits per heavy atom. The first-order valence-electron chi connectivity index (χ1n) is 4.31. The number of carbonyl (C=O) groups excluding carboxylic acids is 2. The highest BCUT2D eigenvalue weighted by molar-refractivity contribution is 5.88. The van der Waals surface area contributed by atoms with Crippen LogP contribution in [0, 0.1) is 0 Å². The number of hydrogen-bond donors (Lipinski definition) is 0. The third-order valence-corrected chi connectivity index (χ3v) is 0.594. The number of hydrogen-bond acceptors (Lipinski definition) is 4. The minimum atomic E-state index is -1.41. The number of quaternary nitrogens is 1. The number of esters is 1. The van der Waals surface area contributed by atoms with Gasteiger partial charge < -0.3 is 19.1 Å². The summed E-state index contributed by atoms with van der Waals surface area (Å²) in [7, 11) is 8.50. The minimum Gasteiger partial charge on any atom is -0.550 e. The van der Waals surface area contributed by atoms with Gasteiger partial charge in [0.15, 0.2) is 0 Å². The predicted octanol–water partition coefficient (Wildman–Crippen LogP) is -0.988. The van der Waals surface area contributed by atoms with Crippen molar-refractivity contribution in [2.75, 3.05) is 34.8 Å². The Morgan fingerprint density at radius 1 is 1.21 bits per heavy atom. The van der Waals surface area contributed by atoms with E-state index in [1.54, 1.807) is 6.92 Å². The van der Waals surface area contributed by atoms with E-state index in [9.17, 15) is 14.7 Å². The summed E-state index contributed by atoms with van der Waals surface area (Å²) in [6.07, 6.45) is -0.659. The van der Waals surface area contributed by atoms with Crippen LogP contribution in [0.15, 0.2) is 0 Å². The van der Waals surface area contributed by atoms with Crippen LogP contribution in [0.25, 0.3) is 0 Å². The van der Waals surface area contributed by atoms with E-state index in [1.807, 2.05) is 0 Å². The molecule has 0 amide bonds. The summed E-state index contributed by atoms with van der Waals surface area (Å²) in [6, 6.07) is 0. The van der Waals surface area contributed by atoms with Crippen molar-refractivity contribution in [3.05, 3.63) is 0 Å². The molecule has 5 nitrogen and oxygen atoms in total. The van der Waals surface area contributed by atoms with Crippen LogP contribution in [-0.4, -0.2) is 51.2 Å². The van der Waals surface area contributed by atoms with Crippen LogP contribution in [0.1, 0.15) is 13.3 Å². The fourth-order valence-corrected chi connectivity index (χ4v) is 0.330. The largest absolute Gasteiger partial charge is 0.550 e. The first-order chi connectivity index (χ1) is 6.16. The molecule has 0 saturated heterocycles. The van der Waals surface area contributed by atoms with Crippen molar-refractivity contribution < 1.29 is 23.9 Å². The lowest BCUT2D eigenvalue weighted by Gasteiger charge is -2.14. The third-order valence-electron chi connectivity index (χ3n) is 0.594. The Hall–Kier alpha value is -1.10. The number of aliphatic carboxylic acids is 1. The number of rotatable bonds is 3. The van der Waals surface area contributed by atoms with Crippen molar-refractivity contribution in [1.82, 2.24) is 0 Å². The molecule has 0 N–H and O–H groups in total. The molecule has 0 aromatic rings. The maximum atomic E-state index is 10.2. The highest BCUT2D eigenvalue weighted by Gasteiger charge is 1.99. The van der Waals surface area contributed by atoms with Gasteiger partial charge >= 0.3 is 5.97 Å². The van der Waals surface area contributed by atoms with E-state index < -0.39 is 18.4 Å². The second kappa shape index (κ2) is 7.32. The summed E-state index contributed by atoms with van der Waals surface area (Å²) in [4.78, 5) is 19.9. The molecule has 0 fully saturated rings. The molecule has 0 unspecified atom stereocenters. The Balaban J connectivity index is 0. The first-order valence-corrected chi connectivity index (χ1v) is 4.31. The zero-order valence-electron chi connectivity index (χ0n) is 9.49. The van der Waals surface area contributed by atoms with Crippen LogP contribution in [0.4, 0.5) is 0 Å². The number of carbonyl (C=O) groups is 2. The molecule has 0 rings (SSSR count). The lowest BCUT2D eigenvalue weighted by atomic mass is 10.4. The van der Waals surface area contributed by atoms with Crippen LogP contribution in [-0.2, 0) is 14.3 Å². The second-order valence-electron chi connectivity index (χ2n) is 4.04. The number of ether oxygens (including phenoxy) is 1. The molecule has 5 heteroatoms. The van der Waals surface area contributed by atoms with Crippen molar-refractivity contribution in [2.24, 2.45) is 0 Å². The average molecular weight is 205 g/mol. The first kappa shape index (κ1) is 15.4. The molecule has 0 aromatic heterocycles. The lowest BCUT2D eigenvalue weighted by Crippen LogP contribution is -2.27. The monoisotopic (exact) mass is 205 g/mol. The molecule has 84 valence electrons. The summed E-state index contributed by atoms with van der Waals surface area (Å²) in [5.74, 6) is -2.16. The van der Waals surface area contributed by atoms with Gasteiger partial charge in [-0.2, -0.15) is 0 Å². The van der Waals surface area contributed by atoms with Crippen LogP contribution in [0.3, 0.4) is 0 Å². The maximum absolute atomic E-state index is 10.2. The van der Waals surface area contributed by atoms with Gasteiger partial charge in [0.05, 0.1) is 47.2 Å². The zero-order valence-corrected chi connectivity index (χ0v) is 9.49. The fourth-order valence-electron chi connectivity index (χ4n) is 0.330. The summed E-state index contributed by atoms with van der Waals surface area (Å²) in [6.45, 7) is 1.80. The van der Waals surface area contributed by atoms with Crippen molar-refractivity contribution in [3.63, 3.8) is 0 Å². The summed E-state index contributed by atoms with van der Waals surface area (Å²) >= 11 is 0. The highest BCUT2D eigenvalue weighted by atomic mass is 16.5. The SMILES string of the molecule is CCOC(=O)CC(=O)[O-].C[N+](C)(C)C. The van der Waals surface area contributed by atoms with Gasteiger partial charge in [0.25, 0.3) is 0 Å². The van der Waals surface area contributed by atoms with Crippen molar-refractivity contribution in [2.45, 2.75) is 13.3 Å². The zero-order chi connectivity index (χ0) is 11.8. The van der Waals surface area contributed by atoms with Gasteiger partial charge in [0.1, 0.15) is 0 Å². The topological polar surface area (TPSA) is 66.4 Å². The van der Waals surface area contributed by atoms with Crippen LogP contribution in [0.5, 0.6) is 0 Å². The van der Waals surface area contributed by atoms with Gasteiger partial charge in [-0.3, -0.25) is 4.79 Å². The minimum absolute atomic E-state index is 0.201. The van der Waals surface area contributed by atoms with E-state index in [0.717, 1.165) is 4.48 Å². The quantitative estimate of drug-likeness (QED) is 0.337. The van der Waals surface area contributed by atoms with Gasteiger partial charge in [0, 0.05) is 0 Å². The van der Waals surface area contributed by atoms with E-state index in [2.05, 4.69) is 32.9 Å². The van der Waals surface area contributed by atoms with E-state index in [-0.39, 0.29) is 6.61 Å². The Kier molecular flexibility index (Phi) is 8.04. The summed E-state index contributed by atoms with van der Waals surface area (Å²) in [5.41, 5.74) is 0. The highest BCUT2D eigenvalue weighted by Crippen LogP contribution is 1.82. The molecule has 0 atom stereocenters. The summed E-state index contributed by atoms with van der Waals surface area (Å²) in [5, 5.41) is 9.67. The van der Waals surface area contributed by atoms with Crippen molar-refractivity contribution >= 4 is 11.9 Å². The summed E-state index contributed by atoms with van der Waals surface area (Å²) < 4.78 is 5.29. The van der Waals surface area contributed by atoms with Gasteiger partial charge in [-0.1, -0.05) is 0 Å². The molecule has 0 spiro atoms. The number of nitrogens with zero attached hydrogens (tertiary/aromatic N) is 1. The van der Waals surface area contributed by atoms with Crippen LogP contribution >= 0.6 is 0 Å². The van der Waals surface area contributed by atoms with E-state index >= 15 is 0 Å². The number of carboxylic acids is 1. The normalized spacial score (nSPS) is 9.79. The van der Waals surface area contributed by atoms with Crippen LogP contribution in [0.2, 0.25) is 0 Å². The molecule has 0 aliphatic rings. The molecule has 14 heavy (non-hydrogen) atoms. The molecule has 0 bridgehead atoms. The van der Waals surface area contributed by atoms with E-state index in [4.69, 9.17) is 0 Å². The Morgan fingerprint density at radius 3 is 1.79 bits per heavy atom. The van der Waals surface area contributed by atoms with E-state index in [1.165, 1.54) is 0 Å². The van der Waals surface area contributed by atoms with Gasteiger partial charge in [-0.05, 0) is 6.92 Å². The smallest absolute Gasteiger partial charge is 0.311 e. The van der Waals surface area contributed by atoms with Gasteiger partial charge in [0.2, 0.25) is 0 Å². The van der Waals surface area contributed by atoms with Crippen LogP contribution < -0.4 is 5.11 Å². The molecule has 0 saturated carbocycles. The van der Waals surface area contributed by atoms with Crippen molar-refractivity contribution in [3.8, 4) is 0 Å². The predicted molar refractivity (Wildman–Crippen MR) is 50.2 cm³/mol. The van der Waals surface area contributed by atoms with E-state index in [0.29, 0.717) is 0 Å². The standard InChI is InChI=1S/C5H8O4.C4H12N/c1-2-9-5(8)3-4(6)7;1-5(2,3)4/h2-3H2,1H3,(H,6,7);1-4H3/q;+1/p-1.